The summed E-state index contributed by atoms with van der Waals surface area (Å²) in [6.45, 7) is 10.5. The molecule has 0 aromatic heterocycles. The monoisotopic (exact) mass is 362 g/mol. The molecule has 1 saturated heterocycles. The number of hydrogen-bond donors (Lipinski definition) is 2. The summed E-state index contributed by atoms with van der Waals surface area (Å²) in [6.07, 6.45) is 5.00. The van der Waals surface area contributed by atoms with E-state index in [4.69, 9.17) is 15.2 Å². The summed E-state index contributed by atoms with van der Waals surface area (Å²) in [5, 5.41) is 3.15. The normalized spacial score (nSPS) is 18.6. The molecule has 0 aliphatic carbocycles. The van der Waals surface area contributed by atoms with Gasteiger partial charge in [0.15, 0.2) is 5.96 Å². The summed E-state index contributed by atoms with van der Waals surface area (Å²) in [7, 11) is 0. The van der Waals surface area contributed by atoms with E-state index in [1.54, 1.807) is 0 Å². The zero-order chi connectivity index (χ0) is 18.8. The van der Waals surface area contributed by atoms with Crippen LogP contribution in [0.4, 0.5) is 5.69 Å². The number of nitrogens with two attached hydrogens (primary N) is 1. The smallest absolute Gasteiger partial charge is 0.193 e. The second-order valence-electron chi connectivity index (χ2n) is 6.65. The van der Waals surface area contributed by atoms with Crippen molar-refractivity contribution in [1.82, 2.24) is 4.90 Å². The van der Waals surface area contributed by atoms with Crippen LogP contribution in [-0.4, -0.2) is 49.7 Å². The lowest BCUT2D eigenvalue weighted by Crippen LogP contribution is -2.38. The maximum atomic E-state index is 6.07. The number of nitrogens with one attached hydrogen (secondary N) is 1. The van der Waals surface area contributed by atoms with Gasteiger partial charge in [0.2, 0.25) is 0 Å². The molecule has 0 radical (unpaired) electrons. The molecule has 146 valence electrons. The molecule has 1 aliphatic heterocycles. The fraction of sp³-hybridized carbons (Fsp3) is 0.650. The van der Waals surface area contributed by atoms with E-state index in [1.165, 1.54) is 25.8 Å². The van der Waals surface area contributed by atoms with Crippen molar-refractivity contribution in [2.24, 2.45) is 10.7 Å². The third-order valence-electron chi connectivity index (χ3n) is 4.65. The van der Waals surface area contributed by atoms with Gasteiger partial charge in [0.1, 0.15) is 11.5 Å². The van der Waals surface area contributed by atoms with Crippen LogP contribution < -0.4 is 20.5 Å². The molecule has 1 atom stereocenters. The molecule has 6 nitrogen and oxygen atoms in total. The van der Waals surface area contributed by atoms with Crippen molar-refractivity contribution in [2.45, 2.75) is 52.5 Å². The third-order valence-corrected chi connectivity index (χ3v) is 4.65. The van der Waals surface area contributed by atoms with E-state index in [-0.39, 0.29) is 0 Å². The number of hydrogen-bond acceptors (Lipinski definition) is 4. The van der Waals surface area contributed by atoms with Gasteiger partial charge in [-0.25, -0.2) is 0 Å². The molecule has 3 N–H and O–H groups in total. The van der Waals surface area contributed by atoms with E-state index in [0.717, 1.165) is 36.7 Å². The summed E-state index contributed by atoms with van der Waals surface area (Å²) in [4.78, 5) is 7.02. The number of piperidine rings is 1. The van der Waals surface area contributed by atoms with Crippen molar-refractivity contribution in [3.63, 3.8) is 0 Å². The number of aliphatic imine (C=N–C) groups is 1. The Labute approximate surface area is 157 Å². The van der Waals surface area contributed by atoms with Gasteiger partial charge < -0.3 is 25.4 Å². The number of benzene rings is 1. The Morgan fingerprint density at radius 2 is 2.08 bits per heavy atom. The van der Waals surface area contributed by atoms with Crippen molar-refractivity contribution in [2.75, 3.05) is 38.2 Å². The Kier molecular flexibility index (Phi) is 8.54. The van der Waals surface area contributed by atoms with Crippen molar-refractivity contribution >= 4 is 11.6 Å². The Morgan fingerprint density at radius 3 is 2.81 bits per heavy atom. The van der Waals surface area contributed by atoms with Crippen LogP contribution in [0, 0.1) is 0 Å². The van der Waals surface area contributed by atoms with Gasteiger partial charge in [0.05, 0.1) is 18.9 Å². The van der Waals surface area contributed by atoms with Gasteiger partial charge in [-0.05, 0) is 58.7 Å². The molecule has 26 heavy (non-hydrogen) atoms. The van der Waals surface area contributed by atoms with E-state index in [0.29, 0.717) is 25.2 Å². The zero-order valence-corrected chi connectivity index (χ0v) is 16.5. The topological polar surface area (TPSA) is 72.1 Å². The quantitative estimate of drug-likeness (QED) is 0.400. The highest BCUT2D eigenvalue weighted by Gasteiger charge is 2.17. The summed E-state index contributed by atoms with van der Waals surface area (Å²) in [5.74, 6) is 1.94. The van der Waals surface area contributed by atoms with Crippen molar-refractivity contribution < 1.29 is 9.47 Å². The average Bonchev–Trinajstić information content (AvgIpc) is 2.63. The van der Waals surface area contributed by atoms with Crippen LogP contribution in [0.2, 0.25) is 0 Å². The molecule has 1 aromatic rings. The highest BCUT2D eigenvalue weighted by Crippen LogP contribution is 2.29. The number of nitrogens with zero attached hydrogens (tertiary/aromatic N) is 2. The SMILES string of the molecule is CCOc1ccc(OCC)c(NC(N)=NCCCN2CCCCC2C)c1. The minimum Gasteiger partial charge on any atom is -0.494 e. The molecule has 6 heteroatoms. The highest BCUT2D eigenvalue weighted by molar-refractivity contribution is 5.94. The first-order chi connectivity index (χ1) is 12.6. The lowest BCUT2D eigenvalue weighted by molar-refractivity contribution is 0.160. The lowest BCUT2D eigenvalue weighted by atomic mass is 10.0. The highest BCUT2D eigenvalue weighted by atomic mass is 16.5. The minimum absolute atomic E-state index is 0.409. The third kappa shape index (κ3) is 6.41. The Balaban J connectivity index is 1.87. The largest absolute Gasteiger partial charge is 0.494 e. The molecule has 0 amide bonds. The predicted octanol–water partition coefficient (Wildman–Crippen LogP) is 3.48. The van der Waals surface area contributed by atoms with E-state index >= 15 is 0 Å². The van der Waals surface area contributed by atoms with Crippen LogP contribution in [0.5, 0.6) is 11.5 Å². The van der Waals surface area contributed by atoms with Gasteiger partial charge in [-0.15, -0.1) is 0 Å². The van der Waals surface area contributed by atoms with Gasteiger partial charge in [0, 0.05) is 25.2 Å². The van der Waals surface area contributed by atoms with E-state index in [2.05, 4.69) is 22.1 Å². The second-order valence-corrected chi connectivity index (χ2v) is 6.65. The molecular formula is C20H34N4O2. The van der Waals surface area contributed by atoms with Crippen LogP contribution >= 0.6 is 0 Å². The molecule has 1 aromatic carbocycles. The molecule has 0 spiro atoms. The van der Waals surface area contributed by atoms with Gasteiger partial charge in [-0.3, -0.25) is 4.99 Å². The van der Waals surface area contributed by atoms with Crippen LogP contribution in [0.15, 0.2) is 23.2 Å². The van der Waals surface area contributed by atoms with Gasteiger partial charge in [-0.2, -0.15) is 0 Å². The lowest BCUT2D eigenvalue weighted by Gasteiger charge is -2.33. The molecule has 1 unspecified atom stereocenters. The van der Waals surface area contributed by atoms with Crippen molar-refractivity contribution in [1.29, 1.82) is 0 Å². The first-order valence-electron chi connectivity index (χ1n) is 9.84. The van der Waals surface area contributed by atoms with Gasteiger partial charge >= 0.3 is 0 Å². The maximum Gasteiger partial charge on any atom is 0.193 e. The van der Waals surface area contributed by atoms with Crippen LogP contribution in [0.25, 0.3) is 0 Å². The molecule has 0 saturated carbocycles. The first kappa shape index (κ1) is 20.4. The fourth-order valence-corrected chi connectivity index (χ4v) is 3.29. The minimum atomic E-state index is 0.409. The van der Waals surface area contributed by atoms with Crippen LogP contribution in [0.1, 0.15) is 46.5 Å². The Bertz CT molecular complexity index is 577. The summed E-state index contributed by atoms with van der Waals surface area (Å²) < 4.78 is 11.2. The maximum absolute atomic E-state index is 6.07. The number of ether oxygens (including phenoxy) is 2. The summed E-state index contributed by atoms with van der Waals surface area (Å²) in [5.41, 5.74) is 6.85. The molecule has 1 heterocycles. The first-order valence-corrected chi connectivity index (χ1v) is 9.84. The van der Waals surface area contributed by atoms with Crippen LogP contribution in [0.3, 0.4) is 0 Å². The number of rotatable bonds is 9. The summed E-state index contributed by atoms with van der Waals surface area (Å²) >= 11 is 0. The Morgan fingerprint density at radius 1 is 1.27 bits per heavy atom. The molecule has 1 aliphatic rings. The van der Waals surface area contributed by atoms with E-state index in [9.17, 15) is 0 Å². The Hall–Kier alpha value is -1.95. The fourth-order valence-electron chi connectivity index (χ4n) is 3.29. The van der Waals surface area contributed by atoms with E-state index < -0.39 is 0 Å². The molecule has 0 bridgehead atoms. The molecular weight excluding hydrogens is 328 g/mol. The summed E-state index contributed by atoms with van der Waals surface area (Å²) in [6, 6.07) is 6.37. The molecule has 1 fully saturated rings. The van der Waals surface area contributed by atoms with Gasteiger partial charge in [-0.1, -0.05) is 6.42 Å². The van der Waals surface area contributed by atoms with Crippen molar-refractivity contribution in [3.05, 3.63) is 18.2 Å². The standard InChI is InChI=1S/C20H34N4O2/c1-4-25-17-10-11-19(26-5-2)18(15-17)23-20(21)22-12-8-14-24-13-7-6-9-16(24)3/h10-11,15-16H,4-9,12-14H2,1-3H3,(H3,21,22,23). The second kappa shape index (κ2) is 10.9. The zero-order valence-electron chi connectivity index (χ0n) is 16.5. The van der Waals surface area contributed by atoms with Crippen LogP contribution in [-0.2, 0) is 0 Å². The predicted molar refractivity (Wildman–Crippen MR) is 108 cm³/mol. The number of anilines is 1. The number of likely N-dealkylation sites (tertiary alicyclic amines) is 1. The average molecular weight is 363 g/mol. The number of guanidine groups is 1. The van der Waals surface area contributed by atoms with Crippen molar-refractivity contribution in [3.8, 4) is 11.5 Å². The molecule has 2 rings (SSSR count). The van der Waals surface area contributed by atoms with E-state index in [1.807, 2.05) is 32.0 Å². The van der Waals surface area contributed by atoms with Gasteiger partial charge in [0.25, 0.3) is 0 Å².